The minimum absolute atomic E-state index is 0.737. The summed E-state index contributed by atoms with van der Waals surface area (Å²) in [5, 5.41) is 27.1. The van der Waals surface area contributed by atoms with E-state index < -0.39 is 0 Å². The Morgan fingerprint density at radius 3 is 1.62 bits per heavy atom. The van der Waals surface area contributed by atoms with Crippen LogP contribution in [0.1, 0.15) is 30.9 Å². The van der Waals surface area contributed by atoms with Crippen LogP contribution < -0.4 is 15.2 Å². The average molecular weight is 1410 g/mol. The van der Waals surface area contributed by atoms with Crippen molar-refractivity contribution in [3.05, 3.63) is 349 Å². The number of allylic oxidation sites excluding steroid dienone is 4. The monoisotopic (exact) mass is 1410 g/mol. The lowest BCUT2D eigenvalue weighted by molar-refractivity contribution is 0.452. The first kappa shape index (κ1) is 61.4. The molecule has 0 radical (unpaired) electrons. The van der Waals surface area contributed by atoms with E-state index in [2.05, 4.69) is 341 Å². The van der Waals surface area contributed by atoms with Gasteiger partial charge in [0.2, 0.25) is 0 Å². The van der Waals surface area contributed by atoms with Crippen LogP contribution in [0.5, 0.6) is 5.75 Å². The number of hydrogen-bond acceptors (Lipinski definition) is 4. The standard InChI is InChI=1S/C104H64O2S2/c1-2-60(54-72-55-70-44-43-62-45-49-88-76-30-14-16-42-95(76)108-104(88)98(62)101(70)105-72)63-23-17-26-68(51-63)96-81-33-7-11-37-85(81)100(86-38-12-8-34-82(86)96)78-40-20-25-65-53-66(46-48-74(65)78)89-56-71(57-92-91-59-90-67(58-93(91)106-102(89)92)47-50-87-75-29-13-15-41-94(75)107-103(87)90)64-24-18-27-69(52-64)97-79-31-5-9-35-83(79)99(84-36-10-6-32-80(84)97)77-39-19-22-61-21-3-4-28-73(61)77/h2-5,7-9,11-54,56-59H,6,10,55H2,1H3/b60-2+,72-54+. The zero-order valence-corrected chi connectivity index (χ0v) is 60.6. The van der Waals surface area contributed by atoms with Gasteiger partial charge in [0, 0.05) is 79.4 Å². The maximum atomic E-state index is 7.32. The topological polar surface area (TPSA) is 22.4 Å². The van der Waals surface area contributed by atoms with Gasteiger partial charge in [0.05, 0.1) is 0 Å². The van der Waals surface area contributed by atoms with E-state index in [0.717, 1.165) is 91.5 Å². The number of ether oxygens (including phenoxy) is 1. The van der Waals surface area contributed by atoms with Crippen molar-refractivity contribution in [2.75, 3.05) is 0 Å². The van der Waals surface area contributed by atoms with Gasteiger partial charge in [-0.15, -0.1) is 22.7 Å². The quantitative estimate of drug-likeness (QED) is 0.142. The van der Waals surface area contributed by atoms with Crippen molar-refractivity contribution in [2.45, 2.75) is 26.2 Å². The van der Waals surface area contributed by atoms with Crippen LogP contribution in [0.15, 0.2) is 332 Å². The Balaban J connectivity index is 0.662. The normalized spacial score (nSPS) is 13.6. The minimum atomic E-state index is 0.737. The lowest BCUT2D eigenvalue weighted by Crippen LogP contribution is -2.31. The lowest BCUT2D eigenvalue weighted by Gasteiger charge is -2.19. The third-order valence-electron chi connectivity index (χ3n) is 23.4. The second-order valence-electron chi connectivity index (χ2n) is 29.3. The molecule has 0 bridgehead atoms. The maximum absolute atomic E-state index is 7.32. The van der Waals surface area contributed by atoms with Crippen LogP contribution in [0, 0.1) is 0 Å². The van der Waals surface area contributed by atoms with Crippen LogP contribution in [0.4, 0.5) is 0 Å². The van der Waals surface area contributed by atoms with Gasteiger partial charge in [-0.05, 0) is 228 Å². The van der Waals surface area contributed by atoms with Crippen molar-refractivity contribution in [3.63, 3.8) is 0 Å². The molecule has 108 heavy (non-hydrogen) atoms. The van der Waals surface area contributed by atoms with Crippen LogP contribution in [0.3, 0.4) is 0 Å². The number of furan rings is 1. The molecule has 504 valence electrons. The first-order chi connectivity index (χ1) is 53.5. The van der Waals surface area contributed by atoms with E-state index in [-0.39, 0.29) is 0 Å². The highest BCUT2D eigenvalue weighted by molar-refractivity contribution is 7.27. The first-order valence-electron chi connectivity index (χ1n) is 37.6. The van der Waals surface area contributed by atoms with Gasteiger partial charge in [0.25, 0.3) is 0 Å². The molecule has 1 aliphatic carbocycles. The molecule has 2 nitrogen and oxygen atoms in total. The fraction of sp³-hybridized carbons (Fsp3) is 0.0385. The summed E-state index contributed by atoms with van der Waals surface area (Å²) in [4.78, 5) is 0. The summed E-state index contributed by atoms with van der Waals surface area (Å²) in [6, 6.07) is 116. The molecule has 0 amide bonds. The van der Waals surface area contributed by atoms with Crippen LogP contribution in [-0.2, 0) is 6.42 Å². The summed E-state index contributed by atoms with van der Waals surface area (Å²) in [5.41, 5.74) is 19.6. The van der Waals surface area contributed by atoms with Crippen LogP contribution in [0.2, 0.25) is 0 Å². The van der Waals surface area contributed by atoms with Crippen molar-refractivity contribution in [1.29, 1.82) is 0 Å². The molecule has 4 heterocycles. The first-order valence-corrected chi connectivity index (χ1v) is 39.2. The van der Waals surface area contributed by atoms with E-state index in [1.807, 2.05) is 22.7 Å². The predicted octanol–water partition coefficient (Wildman–Crippen LogP) is 28.7. The number of thiophene rings is 2. The molecule has 2 aliphatic rings. The molecule has 18 aromatic carbocycles. The zero-order valence-electron chi connectivity index (χ0n) is 59.0. The molecular formula is C104H64O2S2. The second kappa shape index (κ2) is 24.0. The number of hydrogen-bond donors (Lipinski definition) is 0. The van der Waals surface area contributed by atoms with E-state index >= 15 is 0 Å². The number of benzene rings is 18. The van der Waals surface area contributed by atoms with Crippen LogP contribution >= 0.6 is 22.7 Å². The van der Waals surface area contributed by atoms with Gasteiger partial charge in [0.15, 0.2) is 0 Å². The third kappa shape index (κ3) is 9.37. The highest BCUT2D eigenvalue weighted by Crippen LogP contribution is 2.51. The second-order valence-corrected chi connectivity index (χ2v) is 31.4. The Bertz CT molecular complexity index is 7700. The molecular weight excluding hydrogens is 1350 g/mol. The smallest absolute Gasteiger partial charge is 0.143 e. The Labute approximate surface area is 630 Å². The molecule has 3 aromatic heterocycles. The summed E-state index contributed by atoms with van der Waals surface area (Å²) in [6.45, 7) is 2.14. The summed E-state index contributed by atoms with van der Waals surface area (Å²) in [7, 11) is 0. The summed E-state index contributed by atoms with van der Waals surface area (Å²) in [5.74, 6) is 1.94. The molecule has 0 unspecified atom stereocenters. The van der Waals surface area contributed by atoms with Crippen LogP contribution in [-0.4, -0.2) is 0 Å². The Kier molecular flexibility index (Phi) is 13.7. The van der Waals surface area contributed by atoms with Gasteiger partial charge in [-0.25, -0.2) is 0 Å². The SMILES string of the molecule is C/C=C(\C=C1/Cc2ccc3ccc4c5ccccc5sc4c3c2O1)c1cccc(-c2c3ccccc3c(-c3cccc4cc(-c5cc(-c6cccc(-c7c8c(c(-c9cccc%10ccccc9%10)c9ccccc79)=CCCC=8)c6)cc6c5oc5cc7ccc8c9ccccc9sc8c7cc56)ccc34)c3ccccc23)c1. The van der Waals surface area contributed by atoms with Gasteiger partial charge in [-0.2, -0.15) is 0 Å². The Hall–Kier alpha value is -13.0. The van der Waals surface area contributed by atoms with E-state index in [0.29, 0.717) is 0 Å². The van der Waals surface area contributed by atoms with Crippen molar-refractivity contribution in [3.8, 4) is 72.5 Å². The molecule has 4 heteroatoms. The van der Waals surface area contributed by atoms with Crippen molar-refractivity contribution in [2.24, 2.45) is 0 Å². The van der Waals surface area contributed by atoms with Gasteiger partial charge < -0.3 is 9.15 Å². The molecule has 21 aromatic rings. The predicted molar refractivity (Wildman–Crippen MR) is 465 cm³/mol. The molecule has 0 saturated heterocycles. The van der Waals surface area contributed by atoms with Gasteiger partial charge in [-0.1, -0.05) is 273 Å². The van der Waals surface area contributed by atoms with Crippen LogP contribution in [0.25, 0.3) is 222 Å². The summed E-state index contributed by atoms with van der Waals surface area (Å²) >= 11 is 3.74. The zero-order chi connectivity index (χ0) is 70.8. The largest absolute Gasteiger partial charge is 0.460 e. The van der Waals surface area contributed by atoms with Crippen molar-refractivity contribution in [1.82, 2.24) is 0 Å². The third-order valence-corrected chi connectivity index (χ3v) is 25.8. The van der Waals surface area contributed by atoms with Gasteiger partial charge in [-0.3, -0.25) is 0 Å². The number of rotatable bonds is 8. The molecule has 1 aliphatic heterocycles. The van der Waals surface area contributed by atoms with Gasteiger partial charge >= 0.3 is 0 Å². The highest BCUT2D eigenvalue weighted by atomic mass is 32.1. The fourth-order valence-electron chi connectivity index (χ4n) is 18.6. The molecule has 0 saturated carbocycles. The maximum Gasteiger partial charge on any atom is 0.143 e. The molecule has 0 spiro atoms. The minimum Gasteiger partial charge on any atom is -0.460 e. The average Bonchev–Trinajstić information content (AvgIpc) is 0.975. The lowest BCUT2D eigenvalue weighted by atomic mass is 9.84. The molecule has 0 atom stereocenters. The van der Waals surface area contributed by atoms with E-state index in [1.54, 1.807) is 0 Å². The van der Waals surface area contributed by atoms with E-state index in [9.17, 15) is 0 Å². The fourth-order valence-corrected chi connectivity index (χ4v) is 21.1. The summed E-state index contributed by atoms with van der Waals surface area (Å²) < 4.78 is 19.5. The Morgan fingerprint density at radius 2 is 0.880 bits per heavy atom. The molecule has 0 fully saturated rings. The van der Waals surface area contributed by atoms with Crippen molar-refractivity contribution >= 4 is 178 Å². The van der Waals surface area contributed by atoms with Crippen molar-refractivity contribution < 1.29 is 9.15 Å². The van der Waals surface area contributed by atoms with E-state index in [1.165, 1.54) is 171 Å². The van der Waals surface area contributed by atoms with Gasteiger partial charge in [0.1, 0.15) is 22.7 Å². The molecule has 0 N–H and O–H groups in total. The highest BCUT2D eigenvalue weighted by Gasteiger charge is 2.27. The van der Waals surface area contributed by atoms with E-state index in [4.69, 9.17) is 9.15 Å². The molecule has 23 rings (SSSR count). The number of fused-ring (bicyclic) bond motifs is 21. The summed E-state index contributed by atoms with van der Waals surface area (Å²) in [6.07, 6.45) is 12.2. The Morgan fingerprint density at radius 1 is 0.333 bits per heavy atom.